The lowest BCUT2D eigenvalue weighted by Gasteiger charge is -2.09. The van der Waals surface area contributed by atoms with Crippen molar-refractivity contribution in [1.29, 1.82) is 0 Å². The smallest absolute Gasteiger partial charge is 0.272 e. The number of hydrogen-bond donors (Lipinski definition) is 2. The van der Waals surface area contributed by atoms with E-state index in [9.17, 15) is 17.2 Å². The van der Waals surface area contributed by atoms with Crippen molar-refractivity contribution in [1.82, 2.24) is 10.0 Å². The van der Waals surface area contributed by atoms with Crippen LogP contribution in [0.2, 0.25) is 0 Å². The van der Waals surface area contributed by atoms with Crippen LogP contribution in [0.15, 0.2) is 29.2 Å². The van der Waals surface area contributed by atoms with Crippen molar-refractivity contribution in [2.24, 2.45) is 0 Å². The molecule has 0 bridgehead atoms. The second-order valence-corrected chi connectivity index (χ2v) is 6.08. The van der Waals surface area contributed by atoms with Gasteiger partial charge in [0.25, 0.3) is 6.43 Å². The summed E-state index contributed by atoms with van der Waals surface area (Å²) < 4.78 is 60.0. The maximum atomic E-state index is 12.0. The van der Waals surface area contributed by atoms with Crippen molar-refractivity contribution in [3.8, 4) is 5.75 Å². The Balaban J connectivity index is 2.44. The van der Waals surface area contributed by atoms with E-state index in [1.54, 1.807) is 7.11 Å². The van der Waals surface area contributed by atoms with Gasteiger partial charge in [-0.05, 0) is 24.3 Å². The minimum Gasteiger partial charge on any atom is -0.488 e. The number of alkyl halides is 2. The van der Waals surface area contributed by atoms with Crippen molar-refractivity contribution < 1.29 is 26.7 Å². The second kappa shape index (κ2) is 9.67. The van der Waals surface area contributed by atoms with Crippen molar-refractivity contribution in [2.75, 3.05) is 40.0 Å². The maximum absolute atomic E-state index is 12.0. The lowest BCUT2D eigenvalue weighted by Crippen LogP contribution is -2.33. The summed E-state index contributed by atoms with van der Waals surface area (Å²) in [7, 11) is -2.04. The largest absolute Gasteiger partial charge is 0.488 e. The zero-order valence-corrected chi connectivity index (χ0v) is 13.0. The molecule has 0 unspecified atom stereocenters. The number of hydrogen-bond acceptors (Lipinski definition) is 5. The van der Waals surface area contributed by atoms with E-state index in [1.165, 1.54) is 24.3 Å². The summed E-state index contributed by atoms with van der Waals surface area (Å²) in [6, 6.07) is 5.30. The molecule has 22 heavy (non-hydrogen) atoms. The standard InChI is InChI=1S/C13H20F2N2O4S/c1-20-9-8-16-6-7-17-22(18,19)12-4-2-11(3-5-12)21-10-13(14)15/h2-5,13,16-17H,6-10H2,1H3. The molecule has 6 nitrogen and oxygen atoms in total. The predicted molar refractivity (Wildman–Crippen MR) is 77.9 cm³/mol. The Morgan fingerprint density at radius 3 is 2.41 bits per heavy atom. The van der Waals surface area contributed by atoms with Crippen molar-refractivity contribution in [3.63, 3.8) is 0 Å². The fourth-order valence-electron chi connectivity index (χ4n) is 1.53. The highest BCUT2D eigenvalue weighted by molar-refractivity contribution is 7.89. The highest BCUT2D eigenvalue weighted by atomic mass is 32.2. The van der Waals surface area contributed by atoms with Crippen LogP contribution in [0.5, 0.6) is 5.75 Å². The van der Waals surface area contributed by atoms with Crippen LogP contribution in [0.1, 0.15) is 0 Å². The Morgan fingerprint density at radius 1 is 1.14 bits per heavy atom. The average molecular weight is 338 g/mol. The van der Waals surface area contributed by atoms with Crippen molar-refractivity contribution in [2.45, 2.75) is 11.3 Å². The highest BCUT2D eigenvalue weighted by Gasteiger charge is 2.13. The molecular weight excluding hydrogens is 318 g/mol. The quantitative estimate of drug-likeness (QED) is 0.585. The summed E-state index contributed by atoms with van der Waals surface area (Å²) in [4.78, 5) is 0.0498. The molecule has 0 aromatic heterocycles. The number of sulfonamides is 1. The van der Waals surface area contributed by atoms with Crippen LogP contribution >= 0.6 is 0 Å². The van der Waals surface area contributed by atoms with Gasteiger partial charge in [0.15, 0.2) is 0 Å². The van der Waals surface area contributed by atoms with Crippen molar-refractivity contribution in [3.05, 3.63) is 24.3 Å². The number of halogens is 2. The van der Waals surface area contributed by atoms with Crippen LogP contribution in [0.3, 0.4) is 0 Å². The molecule has 0 radical (unpaired) electrons. The lowest BCUT2D eigenvalue weighted by atomic mass is 10.3. The summed E-state index contributed by atoms with van der Waals surface area (Å²) >= 11 is 0. The van der Waals surface area contributed by atoms with Crippen molar-refractivity contribution >= 4 is 10.0 Å². The first-order valence-electron chi connectivity index (χ1n) is 6.66. The molecule has 0 atom stereocenters. The van der Waals surface area contributed by atoms with E-state index in [4.69, 9.17) is 9.47 Å². The second-order valence-electron chi connectivity index (χ2n) is 4.31. The Labute approximate surface area is 128 Å². The van der Waals surface area contributed by atoms with Crippen LogP contribution in [0.25, 0.3) is 0 Å². The van der Waals surface area contributed by atoms with E-state index in [2.05, 4.69) is 10.0 Å². The van der Waals surface area contributed by atoms with E-state index in [0.717, 1.165) is 0 Å². The molecular formula is C13H20F2N2O4S. The highest BCUT2D eigenvalue weighted by Crippen LogP contribution is 2.16. The first-order valence-corrected chi connectivity index (χ1v) is 8.14. The Hall–Kier alpha value is -1.29. The van der Waals surface area contributed by atoms with E-state index in [-0.39, 0.29) is 17.2 Å². The van der Waals surface area contributed by atoms with Crippen LogP contribution in [-0.4, -0.2) is 54.8 Å². The van der Waals surface area contributed by atoms with Crippen LogP contribution < -0.4 is 14.8 Å². The average Bonchev–Trinajstić information content (AvgIpc) is 2.49. The number of ether oxygens (including phenoxy) is 2. The molecule has 0 spiro atoms. The Bertz CT molecular complexity index is 523. The van der Waals surface area contributed by atoms with Gasteiger partial charge in [-0.3, -0.25) is 0 Å². The molecule has 0 saturated carbocycles. The minimum absolute atomic E-state index is 0.0498. The fourth-order valence-corrected chi connectivity index (χ4v) is 2.56. The maximum Gasteiger partial charge on any atom is 0.272 e. The van der Waals surface area contributed by atoms with Gasteiger partial charge in [0.05, 0.1) is 11.5 Å². The van der Waals surface area contributed by atoms with E-state index >= 15 is 0 Å². The third kappa shape index (κ3) is 7.12. The molecule has 2 N–H and O–H groups in total. The zero-order valence-electron chi connectivity index (χ0n) is 12.2. The molecule has 9 heteroatoms. The third-order valence-corrected chi connectivity index (χ3v) is 4.06. The molecule has 0 fully saturated rings. The van der Waals surface area contributed by atoms with Gasteiger partial charge in [-0.1, -0.05) is 0 Å². The predicted octanol–water partition coefficient (Wildman–Crippen LogP) is 0.845. The molecule has 0 heterocycles. The number of rotatable bonds is 11. The molecule has 1 aromatic rings. The number of methoxy groups -OCH3 is 1. The number of benzene rings is 1. The van der Waals surface area contributed by atoms with Gasteiger partial charge in [0, 0.05) is 26.7 Å². The summed E-state index contributed by atoms with van der Waals surface area (Å²) in [5.41, 5.74) is 0. The van der Waals surface area contributed by atoms with Crippen LogP contribution in [0.4, 0.5) is 8.78 Å². The summed E-state index contributed by atoms with van der Waals surface area (Å²) in [5, 5.41) is 3.00. The van der Waals surface area contributed by atoms with Gasteiger partial charge in [-0.15, -0.1) is 0 Å². The molecule has 126 valence electrons. The first-order chi connectivity index (χ1) is 10.5. The summed E-state index contributed by atoms with van der Waals surface area (Å²) in [5.74, 6) is 0.195. The summed E-state index contributed by atoms with van der Waals surface area (Å²) in [6.07, 6.45) is -2.57. The molecule has 0 aliphatic carbocycles. The van der Waals surface area contributed by atoms with Gasteiger partial charge in [0.2, 0.25) is 10.0 Å². The fraction of sp³-hybridized carbons (Fsp3) is 0.538. The van der Waals surface area contributed by atoms with Crippen LogP contribution in [-0.2, 0) is 14.8 Å². The van der Waals surface area contributed by atoms with Gasteiger partial charge in [-0.25, -0.2) is 21.9 Å². The monoisotopic (exact) mass is 338 g/mol. The topological polar surface area (TPSA) is 76.7 Å². The SMILES string of the molecule is COCCNCCNS(=O)(=O)c1ccc(OCC(F)F)cc1. The summed E-state index contributed by atoms with van der Waals surface area (Å²) in [6.45, 7) is 1.16. The lowest BCUT2D eigenvalue weighted by molar-refractivity contribution is 0.0819. The molecule has 0 amide bonds. The number of nitrogens with one attached hydrogen (secondary N) is 2. The molecule has 1 aromatic carbocycles. The molecule has 1 rings (SSSR count). The molecule has 0 aliphatic heterocycles. The van der Waals surface area contributed by atoms with E-state index < -0.39 is 23.1 Å². The van der Waals surface area contributed by atoms with Gasteiger partial charge >= 0.3 is 0 Å². The first kappa shape index (κ1) is 18.8. The van der Waals surface area contributed by atoms with E-state index in [0.29, 0.717) is 19.7 Å². The minimum atomic E-state index is -3.63. The third-order valence-electron chi connectivity index (χ3n) is 2.59. The van der Waals surface area contributed by atoms with Crippen LogP contribution in [0, 0.1) is 0 Å². The zero-order chi connectivity index (χ0) is 16.4. The molecule has 0 saturated heterocycles. The van der Waals surface area contributed by atoms with Gasteiger partial charge in [0.1, 0.15) is 12.4 Å². The van der Waals surface area contributed by atoms with Gasteiger partial charge in [-0.2, -0.15) is 0 Å². The molecule has 0 aliphatic rings. The normalized spacial score (nSPS) is 11.8. The Kier molecular flexibility index (Phi) is 8.25. The van der Waals surface area contributed by atoms with Gasteiger partial charge < -0.3 is 14.8 Å². The Morgan fingerprint density at radius 2 is 1.82 bits per heavy atom. The van der Waals surface area contributed by atoms with E-state index in [1.807, 2.05) is 0 Å².